The van der Waals surface area contributed by atoms with Gasteiger partial charge in [-0.1, -0.05) is 0 Å². The van der Waals surface area contributed by atoms with Crippen molar-refractivity contribution in [3.63, 3.8) is 0 Å². The van der Waals surface area contributed by atoms with Crippen molar-refractivity contribution in [3.8, 4) is 11.5 Å². The first-order valence-electron chi connectivity index (χ1n) is 9.16. The van der Waals surface area contributed by atoms with Gasteiger partial charge >= 0.3 is 6.18 Å². The molecule has 1 aliphatic rings. The fourth-order valence-corrected chi connectivity index (χ4v) is 3.13. The van der Waals surface area contributed by atoms with E-state index in [0.717, 1.165) is 25.7 Å². The molecule has 1 amide bonds. The van der Waals surface area contributed by atoms with E-state index < -0.39 is 12.7 Å². The molecular weight excluding hydrogens is 361 g/mol. The standard InChI is InChI=1S/C19H27F3N2O3/c1-24(13-19(20,21)22)11-5-10-23-18(25)14-8-9-16(17(12-14)26-2)27-15-6-3-4-7-15/h8-9,12,15H,3-7,10-11,13H2,1-2H3,(H,23,25). The molecule has 0 radical (unpaired) electrons. The van der Waals surface area contributed by atoms with E-state index in [1.54, 1.807) is 18.2 Å². The zero-order chi connectivity index (χ0) is 19.9. The van der Waals surface area contributed by atoms with Crippen LogP contribution >= 0.6 is 0 Å². The van der Waals surface area contributed by atoms with E-state index in [4.69, 9.17) is 9.47 Å². The van der Waals surface area contributed by atoms with Crippen molar-refractivity contribution in [2.45, 2.75) is 44.4 Å². The fraction of sp³-hybridized carbons (Fsp3) is 0.632. The maximum absolute atomic E-state index is 12.3. The molecule has 0 aromatic heterocycles. The Balaban J connectivity index is 1.81. The summed E-state index contributed by atoms with van der Waals surface area (Å²) in [5, 5.41) is 2.72. The van der Waals surface area contributed by atoms with Crippen molar-refractivity contribution in [1.82, 2.24) is 10.2 Å². The number of benzene rings is 1. The highest BCUT2D eigenvalue weighted by atomic mass is 19.4. The van der Waals surface area contributed by atoms with Gasteiger partial charge in [-0.2, -0.15) is 13.2 Å². The van der Waals surface area contributed by atoms with E-state index in [0.29, 0.717) is 30.0 Å². The van der Waals surface area contributed by atoms with Gasteiger partial charge in [0, 0.05) is 12.1 Å². The number of nitrogens with zero attached hydrogens (tertiary/aromatic N) is 1. The van der Waals surface area contributed by atoms with Gasteiger partial charge in [0.2, 0.25) is 0 Å². The van der Waals surface area contributed by atoms with Crippen LogP contribution in [0.1, 0.15) is 42.5 Å². The van der Waals surface area contributed by atoms with Gasteiger partial charge in [-0.25, -0.2) is 0 Å². The second-order valence-corrected chi connectivity index (χ2v) is 6.85. The van der Waals surface area contributed by atoms with Gasteiger partial charge in [0.25, 0.3) is 5.91 Å². The number of amides is 1. The third-order valence-electron chi connectivity index (χ3n) is 4.47. The topological polar surface area (TPSA) is 50.8 Å². The molecule has 152 valence electrons. The molecule has 0 unspecified atom stereocenters. The molecule has 1 aromatic carbocycles. The van der Waals surface area contributed by atoms with Crippen molar-refractivity contribution < 1.29 is 27.4 Å². The third kappa shape index (κ3) is 7.28. The largest absolute Gasteiger partial charge is 0.493 e. The van der Waals surface area contributed by atoms with Crippen LogP contribution in [0.2, 0.25) is 0 Å². The molecule has 0 atom stereocenters. The molecule has 1 N–H and O–H groups in total. The first-order valence-corrected chi connectivity index (χ1v) is 9.16. The summed E-state index contributed by atoms with van der Waals surface area (Å²) in [5.74, 6) is 0.827. The highest BCUT2D eigenvalue weighted by Crippen LogP contribution is 2.32. The number of nitrogens with one attached hydrogen (secondary N) is 1. The lowest BCUT2D eigenvalue weighted by molar-refractivity contribution is -0.143. The predicted octanol–water partition coefficient (Wildman–Crippen LogP) is 3.63. The Hall–Kier alpha value is -1.96. The molecule has 0 spiro atoms. The van der Waals surface area contributed by atoms with Crippen molar-refractivity contribution in [1.29, 1.82) is 0 Å². The highest BCUT2D eigenvalue weighted by molar-refractivity contribution is 5.94. The van der Waals surface area contributed by atoms with Gasteiger partial charge in [0.15, 0.2) is 11.5 Å². The maximum atomic E-state index is 12.3. The maximum Gasteiger partial charge on any atom is 0.401 e. The number of ether oxygens (including phenoxy) is 2. The number of halogens is 3. The van der Waals surface area contributed by atoms with Crippen LogP contribution in [0.3, 0.4) is 0 Å². The second-order valence-electron chi connectivity index (χ2n) is 6.85. The lowest BCUT2D eigenvalue weighted by atomic mass is 10.2. The molecule has 0 aliphatic heterocycles. The van der Waals surface area contributed by atoms with Crippen LogP contribution in [0.15, 0.2) is 18.2 Å². The van der Waals surface area contributed by atoms with Gasteiger partial charge < -0.3 is 14.8 Å². The number of rotatable bonds is 9. The Morgan fingerprint density at radius 3 is 2.59 bits per heavy atom. The Kier molecular flexibility index (Phi) is 7.77. The monoisotopic (exact) mass is 388 g/mol. The van der Waals surface area contributed by atoms with Gasteiger partial charge in [0.05, 0.1) is 19.8 Å². The highest BCUT2D eigenvalue weighted by Gasteiger charge is 2.28. The summed E-state index contributed by atoms with van der Waals surface area (Å²) < 4.78 is 48.1. The number of alkyl halides is 3. The Bertz CT molecular complexity index is 617. The molecule has 0 bridgehead atoms. The average Bonchev–Trinajstić information content (AvgIpc) is 3.10. The molecule has 8 heteroatoms. The molecular formula is C19H27F3N2O3. The first kappa shape index (κ1) is 21.3. The normalized spacial score (nSPS) is 15.2. The third-order valence-corrected chi connectivity index (χ3v) is 4.47. The van der Waals surface area contributed by atoms with Crippen LogP contribution in [0.5, 0.6) is 11.5 Å². The van der Waals surface area contributed by atoms with Gasteiger partial charge in [0.1, 0.15) is 0 Å². The zero-order valence-corrected chi connectivity index (χ0v) is 15.8. The van der Waals surface area contributed by atoms with E-state index in [9.17, 15) is 18.0 Å². The van der Waals surface area contributed by atoms with Crippen molar-refractivity contribution >= 4 is 5.91 Å². The summed E-state index contributed by atoms with van der Waals surface area (Å²) in [6.45, 7) is -0.415. The van der Waals surface area contributed by atoms with E-state index in [1.807, 2.05) is 0 Å². The minimum Gasteiger partial charge on any atom is -0.493 e. The van der Waals surface area contributed by atoms with Crippen LogP contribution in [0.4, 0.5) is 13.2 Å². The SMILES string of the molecule is COc1cc(C(=O)NCCCN(C)CC(F)(F)F)ccc1OC1CCCC1. The quantitative estimate of drug-likeness (QED) is 0.657. The van der Waals surface area contributed by atoms with E-state index in [2.05, 4.69) is 5.32 Å². The van der Waals surface area contributed by atoms with Crippen molar-refractivity contribution in [3.05, 3.63) is 23.8 Å². The Labute approximate surface area is 157 Å². The summed E-state index contributed by atoms with van der Waals surface area (Å²) in [7, 11) is 2.93. The Morgan fingerprint density at radius 1 is 1.26 bits per heavy atom. The number of hydrogen-bond donors (Lipinski definition) is 1. The average molecular weight is 388 g/mol. The summed E-state index contributed by atoms with van der Waals surface area (Å²) >= 11 is 0. The molecule has 1 aromatic rings. The molecule has 1 fully saturated rings. The number of hydrogen-bond acceptors (Lipinski definition) is 4. The van der Waals surface area contributed by atoms with Crippen molar-refractivity contribution in [2.24, 2.45) is 0 Å². The van der Waals surface area contributed by atoms with E-state index in [-0.39, 0.29) is 18.6 Å². The predicted molar refractivity (Wildman–Crippen MR) is 96.4 cm³/mol. The van der Waals surface area contributed by atoms with Gasteiger partial charge in [-0.3, -0.25) is 9.69 Å². The smallest absolute Gasteiger partial charge is 0.401 e. The number of carbonyl (C=O) groups excluding carboxylic acids is 1. The van der Waals surface area contributed by atoms with Crippen LogP contribution in [0.25, 0.3) is 0 Å². The Morgan fingerprint density at radius 2 is 1.96 bits per heavy atom. The minimum atomic E-state index is -4.21. The molecule has 5 nitrogen and oxygen atoms in total. The van der Waals surface area contributed by atoms with Gasteiger partial charge in [-0.15, -0.1) is 0 Å². The number of methoxy groups -OCH3 is 1. The lowest BCUT2D eigenvalue weighted by Crippen LogP contribution is -2.33. The second kappa shape index (κ2) is 9.82. The van der Waals surface area contributed by atoms with Crippen molar-refractivity contribution in [2.75, 3.05) is 33.8 Å². The van der Waals surface area contributed by atoms with Crippen LogP contribution in [-0.2, 0) is 0 Å². The van der Waals surface area contributed by atoms with Crippen LogP contribution in [0, 0.1) is 0 Å². The van der Waals surface area contributed by atoms with E-state index in [1.165, 1.54) is 19.1 Å². The zero-order valence-electron chi connectivity index (χ0n) is 15.8. The summed E-state index contributed by atoms with van der Waals surface area (Å²) in [6.07, 6.45) is 0.765. The lowest BCUT2D eigenvalue weighted by Gasteiger charge is -2.18. The molecule has 0 saturated heterocycles. The fourth-order valence-electron chi connectivity index (χ4n) is 3.13. The summed E-state index contributed by atoms with van der Waals surface area (Å²) in [5.41, 5.74) is 0.425. The summed E-state index contributed by atoms with van der Waals surface area (Å²) in [4.78, 5) is 13.4. The minimum absolute atomic E-state index is 0.187. The molecule has 0 heterocycles. The molecule has 27 heavy (non-hydrogen) atoms. The van der Waals surface area contributed by atoms with Crippen LogP contribution in [-0.4, -0.2) is 56.9 Å². The summed E-state index contributed by atoms with van der Waals surface area (Å²) in [6, 6.07) is 5.01. The molecule has 2 rings (SSSR count). The van der Waals surface area contributed by atoms with Gasteiger partial charge in [-0.05, 0) is 63.9 Å². The molecule has 1 saturated carbocycles. The first-order chi connectivity index (χ1) is 12.8. The number of carbonyl (C=O) groups is 1. The van der Waals surface area contributed by atoms with E-state index >= 15 is 0 Å². The molecule has 1 aliphatic carbocycles. The van der Waals surface area contributed by atoms with Crippen LogP contribution < -0.4 is 14.8 Å².